The van der Waals surface area contributed by atoms with Crippen molar-refractivity contribution in [3.05, 3.63) is 0 Å². The van der Waals surface area contributed by atoms with Crippen LogP contribution < -0.4 is 5.32 Å². The van der Waals surface area contributed by atoms with E-state index in [4.69, 9.17) is 18.9 Å². The lowest BCUT2D eigenvalue weighted by Gasteiger charge is -2.33. The molecular weight excluding hydrogens is 406 g/mol. The second-order valence-electron chi connectivity index (χ2n) is 10.1. The predicted molar refractivity (Wildman–Crippen MR) is 118 cm³/mol. The van der Waals surface area contributed by atoms with Crippen LogP contribution in [0, 0.1) is 5.92 Å². The van der Waals surface area contributed by atoms with Crippen LogP contribution in [0.3, 0.4) is 0 Å². The molecule has 0 aromatic heterocycles. The molecule has 1 amide bonds. The summed E-state index contributed by atoms with van der Waals surface area (Å²) in [6, 6.07) is -0.764. The zero-order valence-electron chi connectivity index (χ0n) is 19.4. The summed E-state index contributed by atoms with van der Waals surface area (Å²) in [5, 5.41) is 2.68. The third-order valence-corrected chi connectivity index (χ3v) is 6.12. The monoisotopic (exact) mass is 445 g/mol. The third-order valence-electron chi connectivity index (χ3n) is 4.99. The van der Waals surface area contributed by atoms with Crippen molar-refractivity contribution >= 4 is 23.8 Å². The van der Waals surface area contributed by atoms with E-state index < -0.39 is 35.1 Å². The van der Waals surface area contributed by atoms with Crippen LogP contribution in [0.2, 0.25) is 0 Å². The van der Waals surface area contributed by atoms with Crippen molar-refractivity contribution in [2.45, 2.75) is 96.7 Å². The number of esters is 1. The molecule has 2 fully saturated rings. The molecule has 1 N–H and O–H groups in total. The number of carbonyl (C=O) groups is 2. The minimum Gasteiger partial charge on any atom is -0.458 e. The molecule has 174 valence electrons. The van der Waals surface area contributed by atoms with Gasteiger partial charge < -0.3 is 24.3 Å². The van der Waals surface area contributed by atoms with Crippen LogP contribution in [0.4, 0.5) is 4.79 Å². The Hall–Kier alpha value is -0.990. The largest absolute Gasteiger partial charge is 0.458 e. The number of amides is 1. The highest BCUT2D eigenvalue weighted by molar-refractivity contribution is 7.99. The number of nitrogens with one attached hydrogen (secondary N) is 1. The van der Waals surface area contributed by atoms with Crippen molar-refractivity contribution < 1.29 is 28.5 Å². The molecule has 7 nitrogen and oxygen atoms in total. The second-order valence-corrected chi connectivity index (χ2v) is 11.2. The molecule has 1 saturated heterocycles. The molecule has 2 aliphatic rings. The van der Waals surface area contributed by atoms with Gasteiger partial charge in [0.1, 0.15) is 17.2 Å². The quantitative estimate of drug-likeness (QED) is 0.441. The molecule has 0 spiro atoms. The van der Waals surface area contributed by atoms with Gasteiger partial charge in [-0.15, -0.1) is 0 Å². The summed E-state index contributed by atoms with van der Waals surface area (Å²) >= 11 is 1.69. The maximum Gasteiger partial charge on any atom is 0.408 e. The first-order chi connectivity index (χ1) is 13.9. The summed E-state index contributed by atoms with van der Waals surface area (Å²) in [5.41, 5.74) is -1.27. The summed E-state index contributed by atoms with van der Waals surface area (Å²) in [6.45, 7) is 12.1. The molecule has 1 heterocycles. The van der Waals surface area contributed by atoms with Gasteiger partial charge in [0.05, 0.1) is 13.2 Å². The first-order valence-electron chi connectivity index (χ1n) is 11.0. The van der Waals surface area contributed by atoms with Crippen LogP contribution in [0.1, 0.15) is 73.6 Å². The summed E-state index contributed by atoms with van der Waals surface area (Å²) in [5.74, 6) is 0.884. The van der Waals surface area contributed by atoms with Crippen LogP contribution >= 0.6 is 11.8 Å². The number of rotatable bonds is 8. The predicted octanol–water partition coefficient (Wildman–Crippen LogP) is 4.28. The Balaban J connectivity index is 1.90. The first-order valence-corrected chi connectivity index (χ1v) is 12.1. The summed E-state index contributed by atoms with van der Waals surface area (Å²) in [4.78, 5) is 24.8. The van der Waals surface area contributed by atoms with Crippen LogP contribution in [0.25, 0.3) is 0 Å². The fourth-order valence-electron chi connectivity index (χ4n) is 3.76. The number of hydrogen-bond donors (Lipinski definition) is 1. The standard InChI is InChI=1S/C22H39NO6S/c1-20(2,3)28-18(24)17(23-19(25)29-21(4,5)6)11-14-30-15-22(26-12-13-27-22)16-9-7-8-10-16/h16-17H,7-15H2,1-6H3,(H,23,25)/t17-/m0/s1. The minimum atomic E-state index is -0.764. The topological polar surface area (TPSA) is 83.1 Å². The van der Waals surface area contributed by atoms with Crippen LogP contribution in [0.5, 0.6) is 0 Å². The van der Waals surface area contributed by atoms with Gasteiger partial charge in [0.2, 0.25) is 0 Å². The van der Waals surface area contributed by atoms with Gasteiger partial charge in [-0.2, -0.15) is 11.8 Å². The average Bonchev–Trinajstić information content (AvgIpc) is 3.26. The Morgan fingerprint density at radius 2 is 1.60 bits per heavy atom. The Morgan fingerprint density at radius 1 is 1.03 bits per heavy atom. The van der Waals surface area contributed by atoms with E-state index in [0.717, 1.165) is 18.6 Å². The van der Waals surface area contributed by atoms with Gasteiger partial charge in [-0.25, -0.2) is 9.59 Å². The Kier molecular flexibility index (Phi) is 8.89. The molecule has 0 bridgehead atoms. The van der Waals surface area contributed by atoms with Crippen molar-refractivity contribution in [2.75, 3.05) is 24.7 Å². The van der Waals surface area contributed by atoms with Gasteiger partial charge in [0.15, 0.2) is 5.79 Å². The highest BCUT2D eigenvalue weighted by Crippen LogP contribution is 2.41. The van der Waals surface area contributed by atoms with E-state index in [-0.39, 0.29) is 0 Å². The van der Waals surface area contributed by atoms with E-state index in [1.807, 2.05) is 20.8 Å². The lowest BCUT2D eigenvalue weighted by molar-refractivity contribution is -0.175. The number of carbonyl (C=O) groups excluding carboxylic acids is 2. The highest BCUT2D eigenvalue weighted by atomic mass is 32.2. The van der Waals surface area contributed by atoms with E-state index in [0.29, 0.717) is 31.3 Å². The van der Waals surface area contributed by atoms with Gasteiger partial charge in [-0.1, -0.05) is 12.8 Å². The van der Waals surface area contributed by atoms with E-state index in [1.165, 1.54) is 12.8 Å². The number of hydrogen-bond acceptors (Lipinski definition) is 7. The molecular formula is C22H39NO6S. The van der Waals surface area contributed by atoms with E-state index >= 15 is 0 Å². The van der Waals surface area contributed by atoms with E-state index in [9.17, 15) is 9.59 Å². The molecule has 0 radical (unpaired) electrons. The lowest BCUT2D eigenvalue weighted by Crippen LogP contribution is -2.46. The van der Waals surface area contributed by atoms with Gasteiger partial charge in [0.25, 0.3) is 0 Å². The average molecular weight is 446 g/mol. The van der Waals surface area contributed by atoms with Crippen molar-refractivity contribution in [3.63, 3.8) is 0 Å². The number of thioether (sulfide) groups is 1. The fourth-order valence-corrected chi connectivity index (χ4v) is 4.99. The van der Waals surface area contributed by atoms with Crippen molar-refractivity contribution in [2.24, 2.45) is 5.92 Å². The number of ether oxygens (including phenoxy) is 4. The molecule has 0 aromatic carbocycles. The second kappa shape index (κ2) is 10.6. The fraction of sp³-hybridized carbons (Fsp3) is 0.909. The molecule has 0 unspecified atom stereocenters. The lowest BCUT2D eigenvalue weighted by atomic mass is 9.98. The highest BCUT2D eigenvalue weighted by Gasteiger charge is 2.45. The zero-order chi connectivity index (χ0) is 22.4. The smallest absolute Gasteiger partial charge is 0.408 e. The minimum absolute atomic E-state index is 0.439. The zero-order valence-corrected chi connectivity index (χ0v) is 20.2. The maximum atomic E-state index is 12.6. The molecule has 8 heteroatoms. The molecule has 30 heavy (non-hydrogen) atoms. The van der Waals surface area contributed by atoms with Crippen molar-refractivity contribution in [1.29, 1.82) is 0 Å². The molecule has 1 saturated carbocycles. The molecule has 0 aromatic rings. The summed E-state index contributed by atoms with van der Waals surface area (Å²) < 4.78 is 22.9. The van der Waals surface area contributed by atoms with Crippen molar-refractivity contribution in [3.8, 4) is 0 Å². The number of alkyl carbamates (subject to hydrolysis) is 1. The van der Waals surface area contributed by atoms with E-state index in [2.05, 4.69) is 5.32 Å². The van der Waals surface area contributed by atoms with Crippen LogP contribution in [-0.4, -0.2) is 59.8 Å². The maximum absolute atomic E-state index is 12.6. The van der Waals surface area contributed by atoms with Gasteiger partial charge in [-0.3, -0.25) is 0 Å². The summed E-state index contributed by atoms with van der Waals surface area (Å²) in [6.07, 6.45) is 4.56. The normalized spacial score (nSPS) is 20.7. The van der Waals surface area contributed by atoms with E-state index in [1.54, 1.807) is 32.5 Å². The van der Waals surface area contributed by atoms with Gasteiger partial charge in [-0.05, 0) is 66.6 Å². The Bertz CT molecular complexity index is 571. The SMILES string of the molecule is CC(C)(C)OC(=O)N[C@@H](CCSCC1(C2CCCC2)OCCO1)C(=O)OC(C)(C)C. The molecule has 1 atom stereocenters. The Labute approximate surface area is 185 Å². The van der Waals surface area contributed by atoms with Gasteiger partial charge >= 0.3 is 12.1 Å². The summed E-state index contributed by atoms with van der Waals surface area (Å²) in [7, 11) is 0. The van der Waals surface area contributed by atoms with Crippen molar-refractivity contribution in [1.82, 2.24) is 5.32 Å². The van der Waals surface area contributed by atoms with Crippen LogP contribution in [0.15, 0.2) is 0 Å². The van der Waals surface area contributed by atoms with Gasteiger partial charge in [0, 0.05) is 11.7 Å². The molecule has 2 rings (SSSR count). The Morgan fingerprint density at radius 3 is 2.13 bits per heavy atom. The molecule has 1 aliphatic carbocycles. The first kappa shape index (κ1) is 25.3. The molecule has 1 aliphatic heterocycles. The third kappa shape index (κ3) is 8.27. The van der Waals surface area contributed by atoms with Crippen LogP contribution in [-0.2, 0) is 23.7 Å².